The van der Waals surface area contributed by atoms with E-state index in [4.69, 9.17) is 5.84 Å². The molecule has 1 saturated carbocycles. The molecule has 2 rings (SSSR count). The van der Waals surface area contributed by atoms with Gasteiger partial charge >= 0.3 is 0 Å². The van der Waals surface area contributed by atoms with E-state index in [-0.39, 0.29) is 6.04 Å². The highest BCUT2D eigenvalue weighted by atomic mass is 15.2. The van der Waals surface area contributed by atoms with Crippen LogP contribution in [-0.2, 0) is 0 Å². The van der Waals surface area contributed by atoms with Crippen LogP contribution in [0.5, 0.6) is 0 Å². The molecule has 0 amide bonds. The molecule has 3 N–H and O–H groups in total. The monoisotopic (exact) mass is 234 g/mol. The second-order valence-electron chi connectivity index (χ2n) is 5.02. The first-order chi connectivity index (χ1) is 8.35. The molecule has 1 aliphatic carbocycles. The van der Waals surface area contributed by atoms with Crippen molar-refractivity contribution in [2.24, 2.45) is 17.7 Å². The van der Waals surface area contributed by atoms with E-state index in [1.54, 1.807) is 6.33 Å². The Kier molecular flexibility index (Phi) is 4.45. The smallest absolute Gasteiger partial charge is 0.115 e. The van der Waals surface area contributed by atoms with Crippen LogP contribution in [0.3, 0.4) is 0 Å². The van der Waals surface area contributed by atoms with Gasteiger partial charge in [-0.25, -0.2) is 9.97 Å². The van der Waals surface area contributed by atoms with Crippen molar-refractivity contribution in [3.8, 4) is 0 Å². The van der Waals surface area contributed by atoms with Gasteiger partial charge in [-0.1, -0.05) is 26.2 Å². The number of nitrogens with one attached hydrogen (secondary N) is 1. The Hall–Kier alpha value is -1.00. The van der Waals surface area contributed by atoms with E-state index in [2.05, 4.69) is 22.3 Å². The van der Waals surface area contributed by atoms with E-state index in [9.17, 15) is 0 Å². The molecule has 4 heteroatoms. The van der Waals surface area contributed by atoms with Gasteiger partial charge in [0, 0.05) is 18.0 Å². The van der Waals surface area contributed by atoms with Gasteiger partial charge < -0.3 is 0 Å². The topological polar surface area (TPSA) is 63.8 Å². The van der Waals surface area contributed by atoms with Crippen LogP contribution in [0.15, 0.2) is 18.7 Å². The Morgan fingerprint density at radius 3 is 2.82 bits per heavy atom. The second-order valence-corrected chi connectivity index (χ2v) is 5.02. The van der Waals surface area contributed by atoms with Gasteiger partial charge in [0.1, 0.15) is 6.33 Å². The number of hydrogen-bond acceptors (Lipinski definition) is 4. The van der Waals surface area contributed by atoms with Crippen molar-refractivity contribution in [2.45, 2.75) is 45.1 Å². The summed E-state index contributed by atoms with van der Waals surface area (Å²) in [4.78, 5) is 8.16. The molecule has 94 valence electrons. The number of aromatic nitrogens is 2. The van der Waals surface area contributed by atoms with E-state index in [1.165, 1.54) is 32.1 Å². The first-order valence-corrected chi connectivity index (χ1v) is 6.56. The van der Waals surface area contributed by atoms with E-state index >= 15 is 0 Å². The molecule has 1 fully saturated rings. The summed E-state index contributed by atoms with van der Waals surface area (Å²) in [5.74, 6) is 7.19. The van der Waals surface area contributed by atoms with Crippen LogP contribution in [0, 0.1) is 11.8 Å². The minimum Gasteiger partial charge on any atom is -0.271 e. The predicted octanol–water partition coefficient (Wildman–Crippen LogP) is 2.20. The van der Waals surface area contributed by atoms with Gasteiger partial charge in [-0.05, 0) is 24.7 Å². The van der Waals surface area contributed by atoms with E-state index < -0.39 is 0 Å². The van der Waals surface area contributed by atoms with Crippen molar-refractivity contribution in [1.82, 2.24) is 15.4 Å². The van der Waals surface area contributed by atoms with Crippen LogP contribution in [0.1, 0.15) is 50.6 Å². The highest BCUT2D eigenvalue weighted by Crippen LogP contribution is 2.37. The fraction of sp³-hybridized carbons (Fsp3) is 0.692. The van der Waals surface area contributed by atoms with E-state index in [0.29, 0.717) is 5.92 Å². The van der Waals surface area contributed by atoms with Crippen molar-refractivity contribution in [3.05, 3.63) is 24.3 Å². The molecule has 1 aliphatic rings. The van der Waals surface area contributed by atoms with Crippen LogP contribution in [0.2, 0.25) is 0 Å². The zero-order chi connectivity index (χ0) is 12.1. The Labute approximate surface area is 103 Å². The maximum Gasteiger partial charge on any atom is 0.115 e. The summed E-state index contributed by atoms with van der Waals surface area (Å²) in [6, 6.07) is 0.200. The minimum absolute atomic E-state index is 0.200. The van der Waals surface area contributed by atoms with Crippen molar-refractivity contribution in [3.63, 3.8) is 0 Å². The van der Waals surface area contributed by atoms with Crippen LogP contribution < -0.4 is 11.3 Å². The molecule has 1 aromatic rings. The maximum absolute atomic E-state index is 5.72. The van der Waals surface area contributed by atoms with Crippen LogP contribution in [0.25, 0.3) is 0 Å². The molecular formula is C13H22N4. The predicted molar refractivity (Wildman–Crippen MR) is 67.8 cm³/mol. The Balaban J connectivity index is 2.08. The maximum atomic E-state index is 5.72. The molecule has 0 radical (unpaired) electrons. The lowest BCUT2D eigenvalue weighted by Gasteiger charge is -2.33. The molecule has 17 heavy (non-hydrogen) atoms. The number of rotatable bonds is 4. The molecule has 3 unspecified atom stereocenters. The van der Waals surface area contributed by atoms with Crippen LogP contribution in [-0.4, -0.2) is 9.97 Å². The van der Waals surface area contributed by atoms with E-state index in [0.717, 1.165) is 11.5 Å². The molecule has 4 nitrogen and oxygen atoms in total. The zero-order valence-corrected chi connectivity index (χ0v) is 10.5. The molecule has 1 aromatic heterocycles. The average Bonchev–Trinajstić information content (AvgIpc) is 2.41. The zero-order valence-electron chi connectivity index (χ0n) is 10.5. The summed E-state index contributed by atoms with van der Waals surface area (Å²) >= 11 is 0. The van der Waals surface area contributed by atoms with Gasteiger partial charge in [-0.2, -0.15) is 0 Å². The third-order valence-electron chi connectivity index (χ3n) is 3.99. The third-order valence-corrected chi connectivity index (χ3v) is 3.99. The van der Waals surface area contributed by atoms with Gasteiger partial charge in [0.2, 0.25) is 0 Å². The number of hydrogen-bond donors (Lipinski definition) is 2. The Bertz CT molecular complexity index is 327. The number of nitrogens with two attached hydrogens (primary N) is 1. The molecule has 0 aromatic carbocycles. The summed E-state index contributed by atoms with van der Waals surface area (Å²) in [6.45, 7) is 2.28. The average molecular weight is 234 g/mol. The highest BCUT2D eigenvalue weighted by Gasteiger charge is 2.28. The van der Waals surface area contributed by atoms with Crippen molar-refractivity contribution < 1.29 is 0 Å². The van der Waals surface area contributed by atoms with Gasteiger partial charge in [0.05, 0.1) is 6.04 Å². The Morgan fingerprint density at radius 2 is 2.18 bits per heavy atom. The molecule has 0 bridgehead atoms. The second kappa shape index (κ2) is 6.07. The quantitative estimate of drug-likeness (QED) is 0.619. The van der Waals surface area contributed by atoms with Crippen LogP contribution >= 0.6 is 0 Å². The molecule has 3 atom stereocenters. The van der Waals surface area contributed by atoms with Gasteiger partial charge in [-0.3, -0.25) is 11.3 Å². The lowest BCUT2D eigenvalue weighted by molar-refractivity contribution is 0.209. The SMILES string of the molecule is CCC1CCCC(C(NN)c2cncnc2)C1. The summed E-state index contributed by atoms with van der Waals surface area (Å²) in [5.41, 5.74) is 4.06. The summed E-state index contributed by atoms with van der Waals surface area (Å²) in [5, 5.41) is 0. The van der Waals surface area contributed by atoms with Crippen molar-refractivity contribution >= 4 is 0 Å². The molecule has 0 aliphatic heterocycles. The highest BCUT2D eigenvalue weighted by molar-refractivity contribution is 5.10. The van der Waals surface area contributed by atoms with E-state index in [1.807, 2.05) is 12.4 Å². The summed E-state index contributed by atoms with van der Waals surface area (Å²) in [7, 11) is 0. The number of nitrogens with zero attached hydrogens (tertiary/aromatic N) is 2. The lowest BCUT2D eigenvalue weighted by atomic mass is 9.76. The molecule has 0 spiro atoms. The third kappa shape index (κ3) is 3.01. The fourth-order valence-corrected chi connectivity index (χ4v) is 2.98. The first-order valence-electron chi connectivity index (χ1n) is 6.56. The first kappa shape index (κ1) is 12.5. The largest absolute Gasteiger partial charge is 0.271 e. The van der Waals surface area contributed by atoms with Crippen molar-refractivity contribution in [1.29, 1.82) is 0 Å². The van der Waals surface area contributed by atoms with Gasteiger partial charge in [0.25, 0.3) is 0 Å². The van der Waals surface area contributed by atoms with Crippen molar-refractivity contribution in [2.75, 3.05) is 0 Å². The summed E-state index contributed by atoms with van der Waals surface area (Å²) < 4.78 is 0. The fourth-order valence-electron chi connectivity index (χ4n) is 2.98. The van der Waals surface area contributed by atoms with Crippen LogP contribution in [0.4, 0.5) is 0 Å². The number of hydrazine groups is 1. The molecular weight excluding hydrogens is 212 g/mol. The minimum atomic E-state index is 0.200. The molecule has 1 heterocycles. The Morgan fingerprint density at radius 1 is 1.41 bits per heavy atom. The summed E-state index contributed by atoms with van der Waals surface area (Å²) in [6.07, 6.45) is 11.8. The molecule has 0 saturated heterocycles. The lowest BCUT2D eigenvalue weighted by Crippen LogP contribution is -2.36. The van der Waals surface area contributed by atoms with Gasteiger partial charge in [0.15, 0.2) is 0 Å². The normalized spacial score (nSPS) is 26.7. The standard InChI is InChI=1S/C13H22N4/c1-2-10-4-3-5-11(6-10)13(17-14)12-7-15-9-16-8-12/h7-11,13,17H,2-6,14H2,1H3. The van der Waals surface area contributed by atoms with Gasteiger partial charge in [-0.15, -0.1) is 0 Å².